The molecule has 3 N–H and O–H groups in total. The first-order valence-electron chi connectivity index (χ1n) is 8.38. The minimum atomic E-state index is -0.265. The number of carbonyl (C=O) groups excluding carboxylic acids is 1. The lowest BCUT2D eigenvalue weighted by atomic mass is 9.92. The second-order valence-electron chi connectivity index (χ2n) is 6.35. The summed E-state index contributed by atoms with van der Waals surface area (Å²) in [5.41, 5.74) is 8.37. The fourth-order valence-electron chi connectivity index (χ4n) is 3.15. The van der Waals surface area contributed by atoms with Crippen LogP contribution in [0.5, 0.6) is 0 Å². The highest BCUT2D eigenvalue weighted by atomic mass is 35.5. The molecule has 6 heteroatoms. The van der Waals surface area contributed by atoms with E-state index in [2.05, 4.69) is 48.3 Å². The molecule has 0 radical (unpaired) electrons. The van der Waals surface area contributed by atoms with Crippen LogP contribution in [-0.4, -0.2) is 35.5 Å². The Morgan fingerprint density at radius 1 is 1.25 bits per heavy atom. The molecule has 0 bridgehead atoms. The quantitative estimate of drug-likeness (QED) is 0.803. The summed E-state index contributed by atoms with van der Waals surface area (Å²) in [5.74, 6) is 0.0912. The lowest BCUT2D eigenvalue weighted by Crippen LogP contribution is -2.58. The van der Waals surface area contributed by atoms with E-state index in [9.17, 15) is 4.79 Å². The maximum atomic E-state index is 12.6. The number of fused-ring (bicyclic) bond motifs is 1. The molecule has 1 aromatic carbocycles. The standard InChI is InChI=1S/C18H29N3O.2ClH/c1-4-18(5-2,13-19)20-17(22)14(3)21-11-10-15-8-6-7-9-16(15)12-21;;/h6-9,14H,4-5,10-13,19H2,1-3H3,(H,20,22);2*1H. The third-order valence-electron chi connectivity index (χ3n) is 5.22. The Morgan fingerprint density at radius 3 is 2.38 bits per heavy atom. The summed E-state index contributed by atoms with van der Waals surface area (Å²) in [5, 5.41) is 3.19. The van der Waals surface area contributed by atoms with Gasteiger partial charge in [0.25, 0.3) is 0 Å². The van der Waals surface area contributed by atoms with Gasteiger partial charge in [-0.25, -0.2) is 0 Å². The molecule has 4 nitrogen and oxygen atoms in total. The Labute approximate surface area is 158 Å². The zero-order valence-electron chi connectivity index (χ0n) is 14.9. The maximum absolute atomic E-state index is 12.6. The molecular formula is C18H31Cl2N3O. The summed E-state index contributed by atoms with van der Waals surface area (Å²) in [7, 11) is 0. The smallest absolute Gasteiger partial charge is 0.237 e. The van der Waals surface area contributed by atoms with Gasteiger partial charge in [0.2, 0.25) is 5.91 Å². The molecule has 0 spiro atoms. The van der Waals surface area contributed by atoms with Crippen molar-refractivity contribution in [2.24, 2.45) is 5.73 Å². The van der Waals surface area contributed by atoms with Crippen LogP contribution in [-0.2, 0) is 17.8 Å². The van der Waals surface area contributed by atoms with Crippen molar-refractivity contribution in [2.45, 2.75) is 58.2 Å². The number of hydrogen-bond acceptors (Lipinski definition) is 3. The number of hydrogen-bond donors (Lipinski definition) is 2. The summed E-state index contributed by atoms with van der Waals surface area (Å²) in [4.78, 5) is 14.9. The lowest BCUT2D eigenvalue weighted by Gasteiger charge is -2.37. The zero-order valence-corrected chi connectivity index (χ0v) is 16.5. The van der Waals surface area contributed by atoms with E-state index in [-0.39, 0.29) is 42.3 Å². The van der Waals surface area contributed by atoms with Crippen LogP contribution in [0.1, 0.15) is 44.7 Å². The van der Waals surface area contributed by atoms with Gasteiger partial charge in [-0.3, -0.25) is 9.69 Å². The molecule has 1 aliphatic heterocycles. The number of halogens is 2. The van der Waals surface area contributed by atoms with Gasteiger partial charge in [-0.1, -0.05) is 38.1 Å². The van der Waals surface area contributed by atoms with Crippen LogP contribution in [0, 0.1) is 0 Å². The van der Waals surface area contributed by atoms with Crippen molar-refractivity contribution in [3.05, 3.63) is 35.4 Å². The van der Waals surface area contributed by atoms with Crippen molar-refractivity contribution >= 4 is 30.7 Å². The van der Waals surface area contributed by atoms with Crippen LogP contribution >= 0.6 is 24.8 Å². The number of nitrogens with one attached hydrogen (secondary N) is 1. The van der Waals surface area contributed by atoms with E-state index in [1.54, 1.807) is 0 Å². The van der Waals surface area contributed by atoms with E-state index in [0.29, 0.717) is 6.54 Å². The summed E-state index contributed by atoms with van der Waals surface area (Å²) in [6.07, 6.45) is 2.74. The first-order chi connectivity index (χ1) is 10.5. The van der Waals surface area contributed by atoms with E-state index in [1.165, 1.54) is 11.1 Å². The van der Waals surface area contributed by atoms with Crippen molar-refractivity contribution in [1.82, 2.24) is 10.2 Å². The molecule has 24 heavy (non-hydrogen) atoms. The normalized spacial score (nSPS) is 15.5. The topological polar surface area (TPSA) is 58.4 Å². The van der Waals surface area contributed by atoms with Crippen molar-refractivity contribution in [1.29, 1.82) is 0 Å². The number of nitrogens with two attached hydrogens (primary N) is 1. The first kappa shape index (κ1) is 23.2. The number of rotatable bonds is 6. The monoisotopic (exact) mass is 375 g/mol. The van der Waals surface area contributed by atoms with Crippen LogP contribution in [0.4, 0.5) is 0 Å². The number of benzene rings is 1. The molecule has 0 saturated heterocycles. The first-order valence-corrected chi connectivity index (χ1v) is 8.38. The molecule has 1 atom stereocenters. The van der Waals surface area contributed by atoms with Gasteiger partial charge in [-0.05, 0) is 37.3 Å². The van der Waals surface area contributed by atoms with Gasteiger partial charge in [0, 0.05) is 19.6 Å². The number of amides is 1. The molecule has 1 amide bonds. The molecule has 1 heterocycles. The van der Waals surface area contributed by atoms with Crippen LogP contribution in [0.15, 0.2) is 24.3 Å². The maximum Gasteiger partial charge on any atom is 0.237 e. The molecule has 0 aromatic heterocycles. The minimum absolute atomic E-state index is 0. The Kier molecular flexibility index (Phi) is 9.90. The van der Waals surface area contributed by atoms with Gasteiger partial charge in [0.05, 0.1) is 11.6 Å². The van der Waals surface area contributed by atoms with Gasteiger partial charge in [-0.2, -0.15) is 0 Å². The Balaban J connectivity index is 0.00000264. The third kappa shape index (κ3) is 5.09. The Morgan fingerprint density at radius 2 is 1.83 bits per heavy atom. The number of nitrogens with zero attached hydrogens (tertiary/aromatic N) is 1. The van der Waals surface area contributed by atoms with Crippen molar-refractivity contribution in [2.75, 3.05) is 13.1 Å². The average Bonchev–Trinajstić information content (AvgIpc) is 2.58. The van der Waals surface area contributed by atoms with E-state index < -0.39 is 0 Å². The molecule has 138 valence electrons. The van der Waals surface area contributed by atoms with Crippen LogP contribution in [0.25, 0.3) is 0 Å². The van der Waals surface area contributed by atoms with Crippen LogP contribution in [0.3, 0.4) is 0 Å². The molecule has 0 saturated carbocycles. The van der Waals surface area contributed by atoms with Crippen molar-refractivity contribution < 1.29 is 4.79 Å². The zero-order chi connectivity index (χ0) is 16.2. The van der Waals surface area contributed by atoms with E-state index in [1.807, 2.05) is 6.92 Å². The van der Waals surface area contributed by atoms with E-state index in [4.69, 9.17) is 5.73 Å². The third-order valence-corrected chi connectivity index (χ3v) is 5.22. The van der Waals surface area contributed by atoms with Crippen LogP contribution in [0.2, 0.25) is 0 Å². The van der Waals surface area contributed by atoms with Crippen molar-refractivity contribution in [3.63, 3.8) is 0 Å². The highest BCUT2D eigenvalue weighted by Crippen LogP contribution is 2.21. The molecule has 0 aliphatic carbocycles. The molecule has 2 rings (SSSR count). The SMILES string of the molecule is CCC(CC)(CN)NC(=O)C(C)N1CCc2ccccc2C1.Cl.Cl. The second kappa shape index (κ2) is 10.2. The summed E-state index contributed by atoms with van der Waals surface area (Å²) in [6, 6.07) is 8.38. The van der Waals surface area contributed by atoms with Crippen LogP contribution < -0.4 is 11.1 Å². The minimum Gasteiger partial charge on any atom is -0.348 e. The molecular weight excluding hydrogens is 345 g/mol. The predicted molar refractivity (Wildman–Crippen MR) is 105 cm³/mol. The number of carbonyl (C=O) groups is 1. The van der Waals surface area contributed by atoms with Gasteiger partial charge in [0.15, 0.2) is 0 Å². The van der Waals surface area contributed by atoms with Gasteiger partial charge < -0.3 is 11.1 Å². The molecule has 1 unspecified atom stereocenters. The van der Waals surface area contributed by atoms with Gasteiger partial charge in [-0.15, -0.1) is 24.8 Å². The molecule has 1 aliphatic rings. The second-order valence-corrected chi connectivity index (χ2v) is 6.35. The Bertz CT molecular complexity index is 512. The van der Waals surface area contributed by atoms with Gasteiger partial charge in [0.1, 0.15) is 0 Å². The van der Waals surface area contributed by atoms with Crippen molar-refractivity contribution in [3.8, 4) is 0 Å². The highest BCUT2D eigenvalue weighted by Gasteiger charge is 2.31. The summed E-state index contributed by atoms with van der Waals surface area (Å²) >= 11 is 0. The summed E-state index contributed by atoms with van der Waals surface area (Å²) in [6.45, 7) is 8.42. The van der Waals surface area contributed by atoms with E-state index in [0.717, 1.165) is 32.4 Å². The summed E-state index contributed by atoms with van der Waals surface area (Å²) < 4.78 is 0. The Hall–Kier alpha value is -0.810. The lowest BCUT2D eigenvalue weighted by molar-refractivity contribution is -0.128. The largest absolute Gasteiger partial charge is 0.348 e. The fourth-order valence-corrected chi connectivity index (χ4v) is 3.15. The highest BCUT2D eigenvalue weighted by molar-refractivity contribution is 5.85. The predicted octanol–water partition coefficient (Wildman–Crippen LogP) is 2.91. The van der Waals surface area contributed by atoms with E-state index >= 15 is 0 Å². The molecule has 0 fully saturated rings. The van der Waals surface area contributed by atoms with Gasteiger partial charge >= 0.3 is 0 Å². The molecule has 1 aromatic rings. The fraction of sp³-hybridized carbons (Fsp3) is 0.611. The average molecular weight is 376 g/mol.